The summed E-state index contributed by atoms with van der Waals surface area (Å²) in [6.07, 6.45) is 7.49. The molecule has 4 aliphatic rings. The highest BCUT2D eigenvalue weighted by Gasteiger charge is 2.72. The van der Waals surface area contributed by atoms with Gasteiger partial charge in [0.05, 0.1) is 31.2 Å². The number of aromatic amines is 1. The lowest BCUT2D eigenvalue weighted by Gasteiger charge is -2.42. The molecule has 0 bridgehead atoms. The number of ether oxygens (including phenoxy) is 5. The van der Waals surface area contributed by atoms with Crippen LogP contribution in [0, 0.1) is 17.8 Å². The second-order valence-corrected chi connectivity index (χ2v) is 23.5. The lowest BCUT2D eigenvalue weighted by molar-refractivity contribution is -0.148. The Morgan fingerprint density at radius 2 is 1.63 bits per heavy atom. The molecule has 0 unspecified atom stereocenters. The van der Waals surface area contributed by atoms with E-state index in [9.17, 15) is 38.4 Å². The van der Waals surface area contributed by atoms with Gasteiger partial charge in [-0.15, -0.1) is 0 Å². The monoisotopic (exact) mass is 1110 g/mol. The van der Waals surface area contributed by atoms with Crippen LogP contribution in [-0.2, 0) is 63.7 Å². The SMILES string of the molecule is CO[C@@H]1[C@H](OC(=O)N[C@@H](COC(=O)[C@H](C)NC(=O)[C@H](Cc2c[nH]c3ccccc23)NC(=O)[C@H](CCSC)NC(=O)CNC(=O)[C@H](CC(C)C)NC(=O)[C@@H]2CCCN2C(C)=O)C(C)C)CC[C@]2(CO2)[C@H]1[C@@]1(C)O[C@@H]1CC=C(C)C. The van der Waals surface area contributed by atoms with Crippen molar-refractivity contribution in [1.29, 1.82) is 0 Å². The number of epoxide rings is 2. The van der Waals surface area contributed by atoms with E-state index in [1.165, 1.54) is 36.1 Å². The Balaban J connectivity index is 1.06. The zero-order valence-corrected chi connectivity index (χ0v) is 48.1. The van der Waals surface area contributed by atoms with Crippen LogP contribution < -0.4 is 31.9 Å². The predicted octanol–water partition coefficient (Wildman–Crippen LogP) is 3.97. The van der Waals surface area contributed by atoms with Crippen molar-refractivity contribution in [2.75, 3.05) is 45.4 Å². The first-order chi connectivity index (χ1) is 37.0. The van der Waals surface area contributed by atoms with E-state index >= 15 is 0 Å². The zero-order chi connectivity index (χ0) is 57.1. The zero-order valence-electron chi connectivity index (χ0n) is 47.2. The number of alkyl carbamates (subject to hydrolysis) is 1. The first-order valence-corrected chi connectivity index (χ1v) is 28.8. The first kappa shape index (κ1) is 61.5. The normalized spacial score (nSPS) is 25.2. The lowest BCUT2D eigenvalue weighted by atomic mass is 9.68. The molecule has 4 heterocycles. The van der Waals surface area contributed by atoms with Gasteiger partial charge in [0.2, 0.25) is 35.4 Å². The van der Waals surface area contributed by atoms with Gasteiger partial charge in [-0.25, -0.2) is 9.59 Å². The Morgan fingerprint density at radius 3 is 2.28 bits per heavy atom. The molecule has 2 aromatic rings. The predicted molar refractivity (Wildman–Crippen MR) is 294 cm³/mol. The van der Waals surface area contributed by atoms with Gasteiger partial charge in [-0.05, 0) is 108 Å². The van der Waals surface area contributed by atoms with E-state index in [1.807, 2.05) is 72.1 Å². The number of nitrogens with one attached hydrogen (secondary N) is 7. The van der Waals surface area contributed by atoms with Crippen LogP contribution >= 0.6 is 11.8 Å². The van der Waals surface area contributed by atoms with E-state index in [-0.39, 0.29) is 55.6 Å². The highest BCUT2D eigenvalue weighted by atomic mass is 32.2. The van der Waals surface area contributed by atoms with Gasteiger partial charge in [0.1, 0.15) is 60.2 Å². The molecular weight excluding hydrogens is 1020 g/mol. The summed E-state index contributed by atoms with van der Waals surface area (Å²) >= 11 is 1.44. The van der Waals surface area contributed by atoms with Crippen molar-refractivity contribution in [2.24, 2.45) is 17.8 Å². The maximum atomic E-state index is 14.3. The fourth-order valence-corrected chi connectivity index (χ4v) is 11.4. The van der Waals surface area contributed by atoms with Crippen molar-refractivity contribution >= 4 is 70.2 Å². The summed E-state index contributed by atoms with van der Waals surface area (Å²) in [5.41, 5.74) is 1.80. The van der Waals surface area contributed by atoms with E-state index in [0.717, 1.165) is 17.3 Å². The summed E-state index contributed by atoms with van der Waals surface area (Å²) in [6, 6.07) is 1.55. The largest absolute Gasteiger partial charge is 0.462 e. The average molecular weight is 1110 g/mol. The number of allylic oxidation sites excluding steroid dienone is 1. The third-order valence-electron chi connectivity index (χ3n) is 15.4. The number of amides is 7. The van der Waals surface area contributed by atoms with Crippen LogP contribution in [0.2, 0.25) is 0 Å². The van der Waals surface area contributed by atoms with Crippen molar-refractivity contribution in [1.82, 2.24) is 41.8 Å². The number of H-pyrrole nitrogens is 1. The molecule has 432 valence electrons. The van der Waals surface area contributed by atoms with Gasteiger partial charge in [0, 0.05) is 44.1 Å². The molecule has 22 heteroatoms. The van der Waals surface area contributed by atoms with Crippen LogP contribution in [-0.4, -0.2) is 169 Å². The van der Waals surface area contributed by atoms with Crippen LogP contribution in [0.5, 0.6) is 0 Å². The molecule has 7 amide bonds. The molecule has 3 saturated heterocycles. The molecule has 12 atom stereocenters. The highest BCUT2D eigenvalue weighted by molar-refractivity contribution is 7.98. The maximum absolute atomic E-state index is 14.3. The average Bonchev–Trinajstić information content (AvgIpc) is 4.32. The number of hydrogen-bond acceptors (Lipinski definition) is 14. The molecule has 78 heavy (non-hydrogen) atoms. The molecule has 1 aromatic heterocycles. The van der Waals surface area contributed by atoms with Gasteiger partial charge in [-0.3, -0.25) is 28.8 Å². The smallest absolute Gasteiger partial charge is 0.407 e. The quantitative estimate of drug-likeness (QED) is 0.0379. The van der Waals surface area contributed by atoms with Crippen LogP contribution in [0.4, 0.5) is 4.79 Å². The Bertz CT molecular complexity index is 2490. The van der Waals surface area contributed by atoms with E-state index in [4.69, 9.17) is 23.7 Å². The number of fused-ring (bicyclic) bond motifs is 1. The Hall–Kier alpha value is -5.71. The molecule has 1 aromatic carbocycles. The molecule has 3 aliphatic heterocycles. The van der Waals surface area contributed by atoms with E-state index < -0.39 is 108 Å². The van der Waals surface area contributed by atoms with Crippen molar-refractivity contribution in [3.63, 3.8) is 0 Å². The number of aromatic nitrogens is 1. The van der Waals surface area contributed by atoms with Gasteiger partial charge in [-0.2, -0.15) is 11.8 Å². The first-order valence-electron chi connectivity index (χ1n) is 27.4. The van der Waals surface area contributed by atoms with Crippen LogP contribution in [0.25, 0.3) is 10.9 Å². The standard InChI is InChI=1S/C56H84N8O13S/c1-31(2)18-19-45-55(9,77-45)48-47(73-10)44(20-22-56(48)30-75-56)76-54(72)63-42(33(5)6)29-74-53(71)34(7)59-51(69)41(26-36-27-57-38-16-13-12-15-37(36)38)61-50(68)39(21-24-78-11)60-46(66)28-58-49(67)40(25-32(3)4)62-52(70)43-17-14-23-64(43)35(8)65/h12-13,15-16,18,27,32-34,39-45,47-48,57H,14,17,19-26,28-30H2,1-11H3,(H,58,67)(H,59,69)(H,60,66)(H,61,68)(H,62,70)(H,63,72)/t34-,39-,40-,41-,42-,43-,44+,45+,47+,48+,55-,56-/m0/s1. The fraction of sp³-hybridized carbons (Fsp3) is 0.679. The number of carbonyl (C=O) groups excluding carboxylic acids is 8. The molecule has 7 N–H and O–H groups in total. The number of hydrogen-bond donors (Lipinski definition) is 7. The Labute approximate surface area is 462 Å². The topological polar surface area (TPSA) is 281 Å². The van der Waals surface area contributed by atoms with Crippen molar-refractivity contribution in [3.05, 3.63) is 47.7 Å². The second-order valence-electron chi connectivity index (χ2n) is 22.5. The van der Waals surface area contributed by atoms with Crippen molar-refractivity contribution in [2.45, 2.75) is 179 Å². The Morgan fingerprint density at radius 1 is 0.910 bits per heavy atom. The van der Waals surface area contributed by atoms with Gasteiger partial charge < -0.3 is 65.5 Å². The van der Waals surface area contributed by atoms with Gasteiger partial charge >= 0.3 is 12.1 Å². The number of esters is 1. The summed E-state index contributed by atoms with van der Waals surface area (Å²) in [5.74, 6) is -4.02. The maximum Gasteiger partial charge on any atom is 0.407 e. The summed E-state index contributed by atoms with van der Waals surface area (Å²) < 4.78 is 30.2. The number of benzene rings is 1. The minimum Gasteiger partial charge on any atom is -0.462 e. The molecule has 1 saturated carbocycles. The number of methoxy groups -OCH3 is 1. The molecule has 1 aliphatic carbocycles. The third-order valence-corrected chi connectivity index (χ3v) is 16.1. The molecular formula is C56H84N8O13S. The highest BCUT2D eigenvalue weighted by Crippen LogP contribution is 2.59. The van der Waals surface area contributed by atoms with Crippen molar-refractivity contribution in [3.8, 4) is 0 Å². The summed E-state index contributed by atoms with van der Waals surface area (Å²) in [7, 11) is 1.60. The Kier molecular flexibility index (Phi) is 21.6. The minimum atomic E-state index is -1.24. The molecule has 6 rings (SSSR count). The number of rotatable bonds is 27. The van der Waals surface area contributed by atoms with Crippen molar-refractivity contribution < 1.29 is 62.0 Å². The van der Waals surface area contributed by atoms with E-state index in [2.05, 4.69) is 49.9 Å². The molecule has 0 radical (unpaired) electrons. The summed E-state index contributed by atoms with van der Waals surface area (Å²) in [6.45, 7) is 16.8. The number of carbonyl (C=O) groups is 8. The number of likely N-dealkylation sites (tertiary alicyclic amines) is 1. The third kappa shape index (κ3) is 16.0. The van der Waals surface area contributed by atoms with E-state index in [0.29, 0.717) is 50.2 Å². The lowest BCUT2D eigenvalue weighted by Crippen LogP contribution is -2.57. The van der Waals surface area contributed by atoms with E-state index in [1.54, 1.807) is 13.3 Å². The number of para-hydroxylation sites is 1. The van der Waals surface area contributed by atoms with Gasteiger partial charge in [0.15, 0.2) is 0 Å². The molecule has 1 spiro atoms. The van der Waals surface area contributed by atoms with Crippen LogP contribution in [0.3, 0.4) is 0 Å². The van der Waals surface area contributed by atoms with Gasteiger partial charge in [-0.1, -0.05) is 57.5 Å². The molecule has 21 nitrogen and oxygen atoms in total. The van der Waals surface area contributed by atoms with Crippen LogP contribution in [0.1, 0.15) is 113 Å². The summed E-state index contributed by atoms with van der Waals surface area (Å²) in [5, 5.41) is 17.3. The van der Waals surface area contributed by atoms with Crippen LogP contribution in [0.15, 0.2) is 42.1 Å². The summed E-state index contributed by atoms with van der Waals surface area (Å²) in [4.78, 5) is 113. The number of thioether (sulfide) groups is 1. The second kappa shape index (κ2) is 27.4. The minimum absolute atomic E-state index is 0.000472. The fourth-order valence-electron chi connectivity index (χ4n) is 10.9. The number of nitrogens with zero attached hydrogens (tertiary/aromatic N) is 1. The van der Waals surface area contributed by atoms with Gasteiger partial charge in [0.25, 0.3) is 0 Å². The molecule has 4 fully saturated rings.